The number of hydrogen-bond donors (Lipinski definition) is 0. The van der Waals surface area contributed by atoms with E-state index in [9.17, 15) is 4.79 Å². The van der Waals surface area contributed by atoms with Gasteiger partial charge in [-0.1, -0.05) is 36.7 Å². The average molecular weight is 551 g/mol. The molecule has 0 saturated carbocycles. The summed E-state index contributed by atoms with van der Waals surface area (Å²) in [6, 6.07) is 9.16. The highest BCUT2D eigenvalue weighted by Gasteiger charge is 2.15. The molecule has 0 amide bonds. The number of nitrogens with zero attached hydrogens (tertiary/aromatic N) is 3. The van der Waals surface area contributed by atoms with Crippen LogP contribution in [0.15, 0.2) is 49.2 Å². The molecule has 1 heterocycles. The lowest BCUT2D eigenvalue weighted by Crippen LogP contribution is -2.23. The van der Waals surface area contributed by atoms with Gasteiger partial charge in [-0.15, -0.1) is 0 Å². The number of halogens is 2. The Hall–Kier alpha value is -2.19. The van der Waals surface area contributed by atoms with Gasteiger partial charge in [0.15, 0.2) is 11.5 Å². The van der Waals surface area contributed by atoms with Gasteiger partial charge in [0.2, 0.25) is 0 Å². The van der Waals surface area contributed by atoms with Crippen molar-refractivity contribution in [2.24, 2.45) is 5.10 Å². The van der Waals surface area contributed by atoms with Crippen molar-refractivity contribution in [1.29, 1.82) is 0 Å². The van der Waals surface area contributed by atoms with Crippen LogP contribution in [0.5, 0.6) is 11.5 Å². The van der Waals surface area contributed by atoms with E-state index in [1.54, 1.807) is 19.4 Å². The van der Waals surface area contributed by atoms with Crippen LogP contribution in [0, 0.1) is 0 Å². The molecule has 6 nitrogen and oxygen atoms in total. The molecule has 0 saturated heterocycles. The number of fused-ring (bicyclic) bond motifs is 1. The summed E-state index contributed by atoms with van der Waals surface area (Å²) in [6.07, 6.45) is 2.57. The summed E-state index contributed by atoms with van der Waals surface area (Å²) >= 11 is 7.00. The summed E-state index contributed by atoms with van der Waals surface area (Å²) in [4.78, 5) is 17.8. The molecular formula is C23H25Br2N3O3. The maximum Gasteiger partial charge on any atom is 0.282 e. The van der Waals surface area contributed by atoms with E-state index in [0.717, 1.165) is 20.9 Å². The summed E-state index contributed by atoms with van der Waals surface area (Å²) in [6.45, 7) is 8.04. The van der Waals surface area contributed by atoms with Crippen LogP contribution < -0.4 is 15.0 Å². The SMILES string of the molecule is CC[C@H](C)Oc1cc(Br)c(C=Nn2c(C(C)C)nc3ccc(Br)cc3c2=O)cc1OC. The van der Waals surface area contributed by atoms with E-state index in [2.05, 4.69) is 48.9 Å². The van der Waals surface area contributed by atoms with Crippen LogP contribution in [0.25, 0.3) is 10.9 Å². The Kier molecular flexibility index (Phi) is 7.54. The Labute approximate surface area is 198 Å². The highest BCUT2D eigenvalue weighted by Crippen LogP contribution is 2.34. The van der Waals surface area contributed by atoms with E-state index in [-0.39, 0.29) is 17.6 Å². The van der Waals surface area contributed by atoms with Crippen LogP contribution in [0.4, 0.5) is 0 Å². The summed E-state index contributed by atoms with van der Waals surface area (Å²) in [7, 11) is 1.60. The molecule has 0 aliphatic rings. The largest absolute Gasteiger partial charge is 0.493 e. The van der Waals surface area contributed by atoms with E-state index in [0.29, 0.717) is 28.2 Å². The molecule has 3 aromatic rings. The molecule has 8 heteroatoms. The molecule has 0 radical (unpaired) electrons. The van der Waals surface area contributed by atoms with E-state index >= 15 is 0 Å². The fraction of sp³-hybridized carbons (Fsp3) is 0.348. The first-order valence-corrected chi connectivity index (χ1v) is 11.6. The minimum Gasteiger partial charge on any atom is -0.493 e. The fourth-order valence-corrected chi connectivity index (χ4v) is 3.76. The van der Waals surface area contributed by atoms with E-state index in [4.69, 9.17) is 9.47 Å². The normalized spacial score (nSPS) is 12.6. The molecule has 0 bridgehead atoms. The monoisotopic (exact) mass is 549 g/mol. The predicted octanol–water partition coefficient (Wildman–Crippen LogP) is 6.11. The van der Waals surface area contributed by atoms with Gasteiger partial charge in [0.1, 0.15) is 5.82 Å². The molecule has 1 aromatic heterocycles. The second-order valence-corrected chi connectivity index (χ2v) is 9.28. The van der Waals surface area contributed by atoms with Crippen molar-refractivity contribution in [1.82, 2.24) is 9.66 Å². The third kappa shape index (κ3) is 5.18. The lowest BCUT2D eigenvalue weighted by Gasteiger charge is -2.16. The van der Waals surface area contributed by atoms with Gasteiger partial charge in [-0.2, -0.15) is 9.78 Å². The molecule has 0 unspecified atom stereocenters. The minimum atomic E-state index is -0.217. The first-order chi connectivity index (χ1) is 14.7. The molecular weight excluding hydrogens is 526 g/mol. The van der Waals surface area contributed by atoms with Gasteiger partial charge < -0.3 is 9.47 Å². The van der Waals surface area contributed by atoms with Crippen molar-refractivity contribution < 1.29 is 9.47 Å². The quantitative estimate of drug-likeness (QED) is 0.333. The minimum absolute atomic E-state index is 0.0159. The Balaban J connectivity index is 2.10. The van der Waals surface area contributed by atoms with Crippen LogP contribution in [-0.2, 0) is 0 Å². The molecule has 0 fully saturated rings. The van der Waals surface area contributed by atoms with Crippen LogP contribution in [-0.4, -0.2) is 29.1 Å². The molecule has 0 aliphatic heterocycles. The maximum absolute atomic E-state index is 13.2. The summed E-state index contributed by atoms with van der Waals surface area (Å²) < 4.78 is 14.4. The van der Waals surface area contributed by atoms with Crippen molar-refractivity contribution in [3.8, 4) is 11.5 Å². The number of hydrogen-bond acceptors (Lipinski definition) is 5. The predicted molar refractivity (Wildman–Crippen MR) is 132 cm³/mol. The molecule has 0 N–H and O–H groups in total. The Morgan fingerprint density at radius 3 is 2.55 bits per heavy atom. The van der Waals surface area contributed by atoms with E-state index < -0.39 is 0 Å². The lowest BCUT2D eigenvalue weighted by molar-refractivity contribution is 0.207. The molecule has 31 heavy (non-hydrogen) atoms. The fourth-order valence-electron chi connectivity index (χ4n) is 2.97. The number of ether oxygens (including phenoxy) is 2. The summed E-state index contributed by atoms with van der Waals surface area (Å²) in [5.74, 6) is 1.86. The van der Waals surface area contributed by atoms with Gasteiger partial charge >= 0.3 is 0 Å². The summed E-state index contributed by atoms with van der Waals surface area (Å²) in [5.41, 5.74) is 1.19. The highest BCUT2D eigenvalue weighted by atomic mass is 79.9. The van der Waals surface area contributed by atoms with Gasteiger partial charge in [-0.25, -0.2) is 4.98 Å². The molecule has 0 spiro atoms. The first-order valence-electron chi connectivity index (χ1n) is 10.1. The highest BCUT2D eigenvalue weighted by molar-refractivity contribution is 9.10. The smallest absolute Gasteiger partial charge is 0.282 e. The van der Waals surface area contributed by atoms with Crippen molar-refractivity contribution in [2.45, 2.75) is 46.1 Å². The van der Waals surface area contributed by atoms with Gasteiger partial charge in [-0.05, 0) is 59.6 Å². The van der Waals surface area contributed by atoms with Gasteiger partial charge in [-0.3, -0.25) is 4.79 Å². The average Bonchev–Trinajstić information content (AvgIpc) is 2.74. The van der Waals surface area contributed by atoms with Crippen molar-refractivity contribution in [3.63, 3.8) is 0 Å². The van der Waals surface area contributed by atoms with Crippen LogP contribution in [0.2, 0.25) is 0 Å². The Morgan fingerprint density at radius 2 is 1.90 bits per heavy atom. The van der Waals surface area contributed by atoms with Crippen molar-refractivity contribution >= 4 is 49.0 Å². The maximum atomic E-state index is 13.2. The van der Waals surface area contributed by atoms with E-state index in [1.165, 1.54) is 4.68 Å². The number of benzene rings is 2. The molecule has 1 atom stereocenters. The van der Waals surface area contributed by atoms with Gasteiger partial charge in [0.05, 0.1) is 30.3 Å². The molecule has 0 aliphatic carbocycles. The third-order valence-electron chi connectivity index (χ3n) is 4.85. The number of rotatable bonds is 7. The van der Waals surface area contributed by atoms with E-state index in [1.807, 2.05) is 45.0 Å². The Morgan fingerprint density at radius 1 is 1.16 bits per heavy atom. The second-order valence-electron chi connectivity index (χ2n) is 7.51. The number of methoxy groups -OCH3 is 1. The zero-order chi connectivity index (χ0) is 22.7. The Bertz CT molecular complexity index is 1190. The zero-order valence-electron chi connectivity index (χ0n) is 18.1. The lowest BCUT2D eigenvalue weighted by atomic mass is 10.2. The molecule has 164 valence electrons. The van der Waals surface area contributed by atoms with Crippen LogP contribution in [0.1, 0.15) is 51.4 Å². The zero-order valence-corrected chi connectivity index (χ0v) is 21.3. The second kappa shape index (κ2) is 9.96. The van der Waals surface area contributed by atoms with Crippen LogP contribution in [0.3, 0.4) is 0 Å². The van der Waals surface area contributed by atoms with Crippen LogP contribution >= 0.6 is 31.9 Å². The first kappa shape index (κ1) is 23.5. The number of aromatic nitrogens is 2. The van der Waals surface area contributed by atoms with Crippen molar-refractivity contribution in [2.75, 3.05) is 7.11 Å². The van der Waals surface area contributed by atoms with Gasteiger partial charge in [0.25, 0.3) is 5.56 Å². The molecule has 2 aromatic carbocycles. The molecule has 3 rings (SSSR count). The van der Waals surface area contributed by atoms with Gasteiger partial charge in [0, 0.05) is 20.4 Å². The summed E-state index contributed by atoms with van der Waals surface area (Å²) in [5, 5.41) is 5.00. The topological polar surface area (TPSA) is 65.7 Å². The standard InChI is InChI=1S/C23H25Br2N3O3/c1-6-14(4)31-21-11-18(25)15(9-20(21)30-5)12-26-28-22(13(2)3)27-19-8-7-16(24)10-17(19)23(28)29/h7-14H,6H2,1-5H3/t14-/m0/s1. The van der Waals surface area contributed by atoms with Crippen molar-refractivity contribution in [3.05, 3.63) is 61.0 Å². The third-order valence-corrected chi connectivity index (χ3v) is 6.03.